The van der Waals surface area contributed by atoms with Crippen LogP contribution in [0.3, 0.4) is 0 Å². The average Bonchev–Trinajstić information content (AvgIpc) is 3.14. The molecule has 1 unspecified atom stereocenters. The molecular formula is C22H20Cl2F3NOS. The van der Waals surface area contributed by atoms with Crippen molar-refractivity contribution in [2.75, 3.05) is 0 Å². The number of nitrogens with one attached hydrogen (secondary N) is 1. The largest absolute Gasteiger partial charge is 0.407 e. The highest BCUT2D eigenvalue weighted by Crippen LogP contribution is 2.60. The molecule has 0 spiro atoms. The number of carbonyl (C=O) groups excluding carboxylic acids is 1. The molecule has 0 saturated heterocycles. The number of allylic oxidation sites excluding steroid dienone is 1. The van der Waals surface area contributed by atoms with Crippen LogP contribution in [0.15, 0.2) is 47.9 Å². The third kappa shape index (κ3) is 4.66. The Morgan fingerprint density at radius 3 is 2.30 bits per heavy atom. The monoisotopic (exact) mass is 473 g/mol. The normalized spacial score (nSPS) is 20.0. The van der Waals surface area contributed by atoms with Crippen LogP contribution in [0, 0.1) is 0 Å². The molecule has 3 rings (SSSR count). The van der Waals surface area contributed by atoms with Crippen LogP contribution in [0.25, 0.3) is 5.57 Å². The van der Waals surface area contributed by atoms with Crippen LogP contribution in [0.1, 0.15) is 49.4 Å². The van der Waals surface area contributed by atoms with E-state index >= 15 is 0 Å². The molecular weight excluding hydrogens is 454 g/mol. The number of alkyl halides is 3. The third-order valence-corrected chi connectivity index (χ3v) is 6.96. The summed E-state index contributed by atoms with van der Waals surface area (Å²) in [4.78, 5) is 11.6. The zero-order valence-electron chi connectivity index (χ0n) is 16.3. The first-order valence-corrected chi connectivity index (χ1v) is 11.0. The van der Waals surface area contributed by atoms with E-state index in [1.165, 1.54) is 18.2 Å². The Morgan fingerprint density at radius 1 is 1.17 bits per heavy atom. The minimum Gasteiger partial charge on any atom is -0.350 e. The molecule has 160 valence electrons. The van der Waals surface area contributed by atoms with Crippen molar-refractivity contribution in [1.82, 2.24) is 5.32 Å². The third-order valence-electron chi connectivity index (χ3n) is 5.11. The SMILES string of the molecule is CCC(=O)N[C@@H](C)c1ccc(C2=CSC(c3cc(Cl)cc(Cl)c3)(C(F)(F)F)C2)cc1. The summed E-state index contributed by atoms with van der Waals surface area (Å²) in [6, 6.07) is 11.1. The van der Waals surface area contributed by atoms with E-state index in [1.54, 1.807) is 24.5 Å². The maximum Gasteiger partial charge on any atom is 0.407 e. The zero-order chi connectivity index (χ0) is 22.1. The Bertz CT molecular complexity index is 955. The van der Waals surface area contributed by atoms with E-state index in [-0.39, 0.29) is 34.0 Å². The Kier molecular flexibility index (Phi) is 6.80. The zero-order valence-corrected chi connectivity index (χ0v) is 18.6. The molecule has 0 aromatic heterocycles. The van der Waals surface area contributed by atoms with E-state index in [0.29, 0.717) is 17.6 Å². The van der Waals surface area contributed by atoms with E-state index in [9.17, 15) is 18.0 Å². The summed E-state index contributed by atoms with van der Waals surface area (Å²) in [7, 11) is 0. The molecule has 0 bridgehead atoms. The first-order valence-electron chi connectivity index (χ1n) is 9.35. The molecule has 0 fully saturated rings. The fourth-order valence-electron chi connectivity index (χ4n) is 3.39. The lowest BCUT2D eigenvalue weighted by molar-refractivity contribution is -0.160. The molecule has 8 heteroatoms. The molecule has 0 aliphatic carbocycles. The van der Waals surface area contributed by atoms with Crippen LogP contribution in [0.4, 0.5) is 13.2 Å². The number of hydrogen-bond acceptors (Lipinski definition) is 2. The number of amides is 1. The van der Waals surface area contributed by atoms with Crippen molar-refractivity contribution < 1.29 is 18.0 Å². The topological polar surface area (TPSA) is 29.1 Å². The Morgan fingerprint density at radius 2 is 1.77 bits per heavy atom. The summed E-state index contributed by atoms with van der Waals surface area (Å²) < 4.78 is 40.5. The number of rotatable bonds is 5. The van der Waals surface area contributed by atoms with Gasteiger partial charge >= 0.3 is 6.18 Å². The first kappa shape index (κ1) is 23.0. The van der Waals surface area contributed by atoms with Crippen molar-refractivity contribution in [3.05, 3.63) is 74.6 Å². The lowest BCUT2D eigenvalue weighted by Crippen LogP contribution is -2.37. The summed E-state index contributed by atoms with van der Waals surface area (Å²) in [5.41, 5.74) is 2.22. The van der Waals surface area contributed by atoms with Gasteiger partial charge in [0.25, 0.3) is 0 Å². The molecule has 1 amide bonds. The number of thioether (sulfide) groups is 1. The Hall–Kier alpha value is -1.63. The summed E-state index contributed by atoms with van der Waals surface area (Å²) in [6.45, 7) is 3.64. The van der Waals surface area contributed by atoms with Crippen LogP contribution in [0.2, 0.25) is 10.0 Å². The van der Waals surface area contributed by atoms with Crippen molar-refractivity contribution in [2.45, 2.75) is 43.7 Å². The van der Waals surface area contributed by atoms with Crippen LogP contribution in [-0.2, 0) is 9.54 Å². The smallest absolute Gasteiger partial charge is 0.350 e. The fraction of sp³-hybridized carbons (Fsp3) is 0.318. The molecule has 1 heterocycles. The molecule has 2 atom stereocenters. The summed E-state index contributed by atoms with van der Waals surface area (Å²) in [6.07, 6.45) is -4.33. The number of hydrogen-bond donors (Lipinski definition) is 1. The van der Waals surface area contributed by atoms with Gasteiger partial charge < -0.3 is 5.32 Å². The lowest BCUT2D eigenvalue weighted by Gasteiger charge is -2.32. The van der Waals surface area contributed by atoms with Gasteiger partial charge in [-0.3, -0.25) is 4.79 Å². The molecule has 1 aliphatic rings. The van der Waals surface area contributed by atoms with Gasteiger partial charge in [-0.15, -0.1) is 11.8 Å². The van der Waals surface area contributed by atoms with Gasteiger partial charge in [0.15, 0.2) is 0 Å². The van der Waals surface area contributed by atoms with E-state index in [0.717, 1.165) is 17.3 Å². The lowest BCUT2D eigenvalue weighted by atomic mass is 9.88. The highest BCUT2D eigenvalue weighted by Gasteiger charge is 2.58. The molecule has 2 aromatic carbocycles. The van der Waals surface area contributed by atoms with E-state index in [1.807, 2.05) is 19.1 Å². The molecule has 1 aliphatic heterocycles. The van der Waals surface area contributed by atoms with Gasteiger partial charge in [-0.1, -0.05) is 54.4 Å². The quantitative estimate of drug-likeness (QED) is 0.486. The molecule has 1 N–H and O–H groups in total. The van der Waals surface area contributed by atoms with Crippen LogP contribution in [-0.4, -0.2) is 12.1 Å². The van der Waals surface area contributed by atoms with Crippen LogP contribution < -0.4 is 5.32 Å². The van der Waals surface area contributed by atoms with E-state index in [2.05, 4.69) is 5.32 Å². The van der Waals surface area contributed by atoms with Gasteiger partial charge in [-0.05, 0) is 52.8 Å². The number of benzene rings is 2. The molecule has 2 nitrogen and oxygen atoms in total. The summed E-state index contributed by atoms with van der Waals surface area (Å²) in [5.74, 6) is -0.0587. The van der Waals surface area contributed by atoms with Gasteiger partial charge in [0.1, 0.15) is 4.75 Å². The number of carbonyl (C=O) groups is 1. The van der Waals surface area contributed by atoms with E-state index < -0.39 is 10.9 Å². The highest BCUT2D eigenvalue weighted by atomic mass is 35.5. The molecule has 2 aromatic rings. The Labute approximate surface area is 187 Å². The van der Waals surface area contributed by atoms with Crippen molar-refractivity contribution >= 4 is 46.4 Å². The standard InChI is InChI=1S/C22H20Cl2F3NOS/c1-3-20(29)28-13(2)14-4-6-15(7-5-14)16-11-21(30-12-16,22(25,26)27)17-8-18(23)10-19(24)9-17/h4-10,12-13H,3,11H2,1-2H3,(H,28,29)/t13-,21?/m0/s1. The molecule has 0 radical (unpaired) electrons. The van der Waals surface area contributed by atoms with E-state index in [4.69, 9.17) is 23.2 Å². The fourth-order valence-corrected chi connectivity index (χ4v) is 5.11. The average molecular weight is 474 g/mol. The summed E-state index contributed by atoms with van der Waals surface area (Å²) >= 11 is 12.7. The maximum atomic E-state index is 14.2. The predicted molar refractivity (Wildman–Crippen MR) is 118 cm³/mol. The van der Waals surface area contributed by atoms with Gasteiger partial charge in [-0.25, -0.2) is 0 Å². The van der Waals surface area contributed by atoms with Crippen molar-refractivity contribution in [2.24, 2.45) is 0 Å². The second-order valence-corrected chi connectivity index (χ2v) is 9.23. The minimum atomic E-state index is -4.50. The second kappa shape index (κ2) is 8.85. The van der Waals surface area contributed by atoms with Crippen LogP contribution >= 0.6 is 35.0 Å². The van der Waals surface area contributed by atoms with Gasteiger partial charge in [0.05, 0.1) is 6.04 Å². The van der Waals surface area contributed by atoms with Crippen LogP contribution in [0.5, 0.6) is 0 Å². The second-order valence-electron chi connectivity index (χ2n) is 7.19. The minimum absolute atomic E-state index is 0.0382. The summed E-state index contributed by atoms with van der Waals surface area (Å²) in [5, 5.41) is 4.76. The molecule has 0 saturated carbocycles. The first-order chi connectivity index (χ1) is 14.1. The number of halogens is 5. The van der Waals surface area contributed by atoms with Gasteiger partial charge in [0.2, 0.25) is 5.91 Å². The Balaban J connectivity index is 1.86. The van der Waals surface area contributed by atoms with Crippen molar-refractivity contribution in [3.8, 4) is 0 Å². The highest BCUT2D eigenvalue weighted by molar-refractivity contribution is 8.03. The van der Waals surface area contributed by atoms with Gasteiger partial charge in [-0.2, -0.15) is 13.2 Å². The molecule has 30 heavy (non-hydrogen) atoms. The van der Waals surface area contributed by atoms with Crippen molar-refractivity contribution in [1.29, 1.82) is 0 Å². The van der Waals surface area contributed by atoms with Crippen molar-refractivity contribution in [3.63, 3.8) is 0 Å². The predicted octanol–water partition coefficient (Wildman–Crippen LogP) is 7.52. The maximum absolute atomic E-state index is 14.2. The van der Waals surface area contributed by atoms with Gasteiger partial charge in [0, 0.05) is 22.9 Å².